The van der Waals surface area contributed by atoms with E-state index in [-0.39, 0.29) is 12.3 Å². The predicted octanol–water partition coefficient (Wildman–Crippen LogP) is 2.41. The van der Waals surface area contributed by atoms with Crippen molar-refractivity contribution in [1.29, 1.82) is 0 Å². The Labute approximate surface area is 236 Å². The third-order valence-electron chi connectivity index (χ3n) is 6.41. The highest BCUT2D eigenvalue weighted by atomic mass is 32.2. The summed E-state index contributed by atoms with van der Waals surface area (Å²) < 4.78 is 24.6. The highest BCUT2D eigenvalue weighted by Gasteiger charge is 2.28. The Balaban J connectivity index is 1.33. The normalized spacial score (nSPS) is 15.1. The predicted molar refractivity (Wildman–Crippen MR) is 151 cm³/mol. The Morgan fingerprint density at radius 3 is 2.38 bits per heavy atom. The van der Waals surface area contributed by atoms with Crippen LogP contribution in [0.5, 0.6) is 0 Å². The number of hydrazine groups is 1. The van der Waals surface area contributed by atoms with Crippen LogP contribution in [0.2, 0.25) is 0 Å². The number of amides is 1. The molecule has 2 unspecified atom stereocenters. The average Bonchev–Trinajstić information content (AvgIpc) is 2.96. The summed E-state index contributed by atoms with van der Waals surface area (Å²) in [5.74, 6) is 4.90. The van der Waals surface area contributed by atoms with Gasteiger partial charge >= 0.3 is 5.97 Å². The molecule has 2 heterocycles. The smallest absolute Gasteiger partial charge is 0.305 e. The summed E-state index contributed by atoms with van der Waals surface area (Å²) in [4.78, 5) is 29.9. The van der Waals surface area contributed by atoms with Crippen molar-refractivity contribution in [3.05, 3.63) is 95.3 Å². The van der Waals surface area contributed by atoms with Gasteiger partial charge in [0.05, 0.1) is 6.42 Å². The Morgan fingerprint density at radius 2 is 1.73 bits per heavy atom. The highest BCUT2D eigenvalue weighted by Crippen LogP contribution is 2.20. The van der Waals surface area contributed by atoms with E-state index in [1.165, 1.54) is 0 Å². The van der Waals surface area contributed by atoms with E-state index in [0.717, 1.165) is 21.2 Å². The third-order valence-corrected chi connectivity index (χ3v) is 7.30. The van der Waals surface area contributed by atoms with Crippen molar-refractivity contribution in [1.82, 2.24) is 19.7 Å². The summed E-state index contributed by atoms with van der Waals surface area (Å²) >= 11 is -2.55. The van der Waals surface area contributed by atoms with Gasteiger partial charge in [-0.15, -0.1) is 0 Å². The molecule has 0 saturated carbocycles. The summed E-state index contributed by atoms with van der Waals surface area (Å²) in [6, 6.07) is 20.2. The molecule has 11 heteroatoms. The van der Waals surface area contributed by atoms with Crippen LogP contribution in [0, 0.1) is 11.8 Å². The number of carbonyl (C=O) groups excluding carboxylic acids is 1. The van der Waals surface area contributed by atoms with E-state index < -0.39 is 23.3 Å². The molecule has 2 atom stereocenters. The fourth-order valence-electron chi connectivity index (χ4n) is 4.40. The quantitative estimate of drug-likeness (QED) is 0.302. The maximum atomic E-state index is 12.5. The molecule has 0 radical (unpaired) electrons. The van der Waals surface area contributed by atoms with Gasteiger partial charge in [-0.3, -0.25) is 18.8 Å². The summed E-state index contributed by atoms with van der Waals surface area (Å²) in [6.07, 6.45) is 1.30. The molecule has 0 aliphatic carbocycles. The van der Waals surface area contributed by atoms with Crippen LogP contribution in [0.3, 0.4) is 0 Å². The second-order valence-corrected chi connectivity index (χ2v) is 10.1. The minimum absolute atomic E-state index is 0.265. The van der Waals surface area contributed by atoms with E-state index in [1.54, 1.807) is 30.3 Å². The number of aliphatic carboxylic acids is 1. The molecule has 1 aromatic heterocycles. The molecule has 3 aromatic rings. The van der Waals surface area contributed by atoms with Crippen molar-refractivity contribution in [2.24, 2.45) is 0 Å². The highest BCUT2D eigenvalue weighted by molar-refractivity contribution is 7.76. The molecular weight excluding hydrogens is 530 g/mol. The lowest BCUT2D eigenvalue weighted by atomic mass is 10.1. The number of pyridine rings is 1. The van der Waals surface area contributed by atoms with Crippen LogP contribution in [0.4, 0.5) is 5.69 Å². The lowest BCUT2D eigenvalue weighted by Crippen LogP contribution is -2.57. The molecular formula is C29H30N5O5S-. The standard InChI is InChI=1S/C29H31N5O5S/c1-22(19-28(35)36)34(40(38)39)33-17-15-32(16-18-33)26-11-9-23(10-12-26)7-8-24-13-14-30-27(20-24)29(37)31-21-25-5-3-2-4-6-25/h2-6,9-14,20,22H,15-19,21H2,1H3,(H,31,37)(H,35,36)(H,38,39)/p-1. The van der Waals surface area contributed by atoms with Gasteiger partial charge in [0, 0.05) is 73.0 Å². The second kappa shape index (κ2) is 13.8. The first-order valence-electron chi connectivity index (χ1n) is 12.8. The van der Waals surface area contributed by atoms with Gasteiger partial charge in [-0.25, -0.2) is 5.01 Å². The molecule has 1 fully saturated rings. The van der Waals surface area contributed by atoms with Crippen molar-refractivity contribution in [2.45, 2.75) is 25.9 Å². The van der Waals surface area contributed by atoms with E-state index in [0.29, 0.717) is 44.0 Å². The first kappa shape index (κ1) is 28.9. The van der Waals surface area contributed by atoms with Gasteiger partial charge in [0.25, 0.3) is 5.91 Å². The summed E-state index contributed by atoms with van der Waals surface area (Å²) in [5, 5.41) is 13.6. The number of carboxylic acid groups (broad SMARTS) is 1. The minimum Gasteiger partial charge on any atom is -0.759 e. The summed E-state index contributed by atoms with van der Waals surface area (Å²) in [7, 11) is 0. The van der Waals surface area contributed by atoms with Crippen molar-refractivity contribution >= 4 is 28.8 Å². The number of anilines is 1. The number of nitrogens with one attached hydrogen (secondary N) is 1. The Kier molecular flexibility index (Phi) is 9.99. The molecule has 0 bridgehead atoms. The second-order valence-electron chi connectivity index (χ2n) is 9.30. The van der Waals surface area contributed by atoms with E-state index in [4.69, 9.17) is 5.11 Å². The number of rotatable bonds is 9. The maximum Gasteiger partial charge on any atom is 0.305 e. The molecule has 208 valence electrons. The van der Waals surface area contributed by atoms with Crippen molar-refractivity contribution in [2.75, 3.05) is 31.1 Å². The molecule has 2 N–H and O–H groups in total. The van der Waals surface area contributed by atoms with Gasteiger partial charge in [0.2, 0.25) is 0 Å². The van der Waals surface area contributed by atoms with Gasteiger partial charge in [-0.1, -0.05) is 42.2 Å². The number of benzene rings is 2. The SMILES string of the molecule is CC(CC(=O)O)N(N1CCN(c2ccc(C#Cc3ccnc(C(=O)NCc4ccccc4)c3)cc2)CC1)S(=O)[O-]. The Morgan fingerprint density at radius 1 is 1.05 bits per heavy atom. The number of nitrogens with zero attached hydrogens (tertiary/aromatic N) is 4. The molecule has 1 amide bonds. The molecule has 0 spiro atoms. The molecule has 2 aromatic carbocycles. The number of carboxylic acids is 1. The minimum atomic E-state index is -2.55. The number of hydrogen-bond acceptors (Lipinski definition) is 7. The van der Waals surface area contributed by atoms with Crippen LogP contribution in [0.15, 0.2) is 72.9 Å². The Hall–Kier alpha value is -4.08. The lowest BCUT2D eigenvalue weighted by Gasteiger charge is -2.44. The van der Waals surface area contributed by atoms with Crippen LogP contribution in [0.1, 0.15) is 40.5 Å². The zero-order valence-corrected chi connectivity index (χ0v) is 22.8. The van der Waals surface area contributed by atoms with Crippen LogP contribution in [-0.2, 0) is 22.6 Å². The summed E-state index contributed by atoms with van der Waals surface area (Å²) in [6.45, 7) is 4.07. The zero-order chi connectivity index (χ0) is 28.5. The van der Waals surface area contributed by atoms with Crippen molar-refractivity contribution in [3.8, 4) is 11.8 Å². The molecule has 1 saturated heterocycles. The molecule has 1 aliphatic rings. The molecule has 10 nitrogen and oxygen atoms in total. The van der Waals surface area contributed by atoms with Gasteiger partial charge < -0.3 is 19.9 Å². The van der Waals surface area contributed by atoms with Gasteiger partial charge in [-0.2, -0.15) is 4.41 Å². The van der Waals surface area contributed by atoms with E-state index in [9.17, 15) is 18.4 Å². The van der Waals surface area contributed by atoms with E-state index in [1.807, 2.05) is 54.6 Å². The lowest BCUT2D eigenvalue weighted by molar-refractivity contribution is -0.139. The Bertz CT molecular complexity index is 1400. The first-order valence-corrected chi connectivity index (χ1v) is 13.8. The third kappa shape index (κ3) is 7.97. The van der Waals surface area contributed by atoms with Gasteiger partial charge in [0.1, 0.15) is 5.69 Å². The average molecular weight is 561 g/mol. The number of hydrogen-bond donors (Lipinski definition) is 2. The number of aromatic nitrogens is 1. The largest absolute Gasteiger partial charge is 0.759 e. The zero-order valence-electron chi connectivity index (χ0n) is 22.0. The monoisotopic (exact) mass is 560 g/mol. The van der Waals surface area contributed by atoms with Crippen molar-refractivity contribution in [3.63, 3.8) is 0 Å². The molecule has 1 aliphatic heterocycles. The van der Waals surface area contributed by atoms with Gasteiger partial charge in [-0.05, 0) is 48.9 Å². The van der Waals surface area contributed by atoms with Gasteiger partial charge in [0.15, 0.2) is 0 Å². The fourth-order valence-corrected chi connectivity index (χ4v) is 5.12. The molecule has 40 heavy (non-hydrogen) atoms. The van der Waals surface area contributed by atoms with E-state index >= 15 is 0 Å². The maximum absolute atomic E-state index is 12.5. The fraction of sp³-hybridized carbons (Fsp3) is 0.276. The summed E-state index contributed by atoms with van der Waals surface area (Å²) in [5.41, 5.74) is 3.78. The van der Waals surface area contributed by atoms with Crippen LogP contribution in [-0.4, -0.2) is 72.4 Å². The first-order chi connectivity index (χ1) is 19.3. The van der Waals surface area contributed by atoms with Crippen LogP contribution >= 0.6 is 0 Å². The number of carbonyl (C=O) groups is 2. The topological polar surface area (TPSA) is 129 Å². The van der Waals surface area contributed by atoms with Crippen LogP contribution < -0.4 is 10.2 Å². The van der Waals surface area contributed by atoms with Crippen molar-refractivity contribution < 1.29 is 23.5 Å². The van der Waals surface area contributed by atoms with E-state index in [2.05, 4.69) is 27.0 Å². The van der Waals surface area contributed by atoms with Crippen LogP contribution in [0.25, 0.3) is 0 Å². The molecule has 4 rings (SSSR count). The number of piperazine rings is 1.